The van der Waals surface area contributed by atoms with E-state index in [1.54, 1.807) is 19.3 Å². The smallest absolute Gasteiger partial charge is 0.407 e. The summed E-state index contributed by atoms with van der Waals surface area (Å²) < 4.78 is 9.36. The third-order valence-electron chi connectivity index (χ3n) is 1.35. The fourth-order valence-corrected chi connectivity index (χ4v) is 1.32. The van der Waals surface area contributed by atoms with Crippen LogP contribution in [0.5, 0.6) is 0 Å². The van der Waals surface area contributed by atoms with Crippen molar-refractivity contribution in [2.75, 3.05) is 25.5 Å². The van der Waals surface area contributed by atoms with Crippen molar-refractivity contribution in [1.29, 1.82) is 0 Å². The molecule has 1 amide bonds. The second kappa shape index (κ2) is 10.4. The first kappa shape index (κ1) is 14.8. The van der Waals surface area contributed by atoms with Crippen molar-refractivity contribution < 1.29 is 19.1 Å². The highest BCUT2D eigenvalue weighted by atomic mass is 32.2. The molecule has 92 valence electrons. The first-order chi connectivity index (χ1) is 7.70. The van der Waals surface area contributed by atoms with Crippen molar-refractivity contribution in [3.63, 3.8) is 0 Å². The van der Waals surface area contributed by atoms with E-state index >= 15 is 0 Å². The van der Waals surface area contributed by atoms with Crippen molar-refractivity contribution in [2.24, 2.45) is 0 Å². The summed E-state index contributed by atoms with van der Waals surface area (Å²) in [7, 11) is 0. The van der Waals surface area contributed by atoms with Gasteiger partial charge >= 0.3 is 12.1 Å². The second-order valence-electron chi connectivity index (χ2n) is 2.57. The van der Waals surface area contributed by atoms with Crippen molar-refractivity contribution >= 4 is 23.8 Å². The van der Waals surface area contributed by atoms with E-state index in [2.05, 4.69) is 14.8 Å². The molecule has 0 saturated heterocycles. The molecular weight excluding hydrogens is 230 g/mol. The standard InChI is InChI=1S/C10H17NO4S/c1-3-14-9(12)5-7-16-8-6-11-10(13)15-4-2/h5,7H,3-4,6,8H2,1-2H3,(H,11,13)/b7-5+. The van der Waals surface area contributed by atoms with Crippen LogP contribution in [0.1, 0.15) is 13.8 Å². The molecule has 0 aliphatic heterocycles. The van der Waals surface area contributed by atoms with E-state index in [1.165, 1.54) is 17.8 Å². The van der Waals surface area contributed by atoms with Crippen molar-refractivity contribution in [3.05, 3.63) is 11.5 Å². The molecule has 0 atom stereocenters. The second-order valence-corrected chi connectivity index (χ2v) is 3.59. The van der Waals surface area contributed by atoms with Gasteiger partial charge in [-0.3, -0.25) is 0 Å². The number of hydrogen-bond acceptors (Lipinski definition) is 5. The Hall–Kier alpha value is -1.17. The summed E-state index contributed by atoms with van der Waals surface area (Å²) in [4.78, 5) is 21.7. The maximum absolute atomic E-state index is 10.9. The number of carbonyl (C=O) groups excluding carboxylic acids is 2. The fraction of sp³-hybridized carbons (Fsp3) is 0.600. The molecule has 0 radical (unpaired) electrons. The van der Waals surface area contributed by atoms with Gasteiger partial charge < -0.3 is 14.8 Å². The Morgan fingerprint density at radius 2 is 1.94 bits per heavy atom. The largest absolute Gasteiger partial charge is 0.463 e. The molecule has 5 nitrogen and oxygen atoms in total. The van der Waals surface area contributed by atoms with E-state index < -0.39 is 6.09 Å². The van der Waals surface area contributed by atoms with Crippen LogP contribution in [-0.4, -0.2) is 37.6 Å². The number of ether oxygens (including phenoxy) is 2. The number of nitrogens with one attached hydrogen (secondary N) is 1. The molecule has 0 bridgehead atoms. The van der Waals surface area contributed by atoms with E-state index in [0.29, 0.717) is 25.5 Å². The quantitative estimate of drug-likeness (QED) is 0.420. The van der Waals surface area contributed by atoms with Crippen LogP contribution in [0.25, 0.3) is 0 Å². The van der Waals surface area contributed by atoms with Gasteiger partial charge in [-0.25, -0.2) is 9.59 Å². The molecule has 0 heterocycles. The Kier molecular flexibility index (Phi) is 9.59. The molecule has 0 aromatic carbocycles. The molecule has 6 heteroatoms. The number of esters is 1. The van der Waals surface area contributed by atoms with Crippen LogP contribution >= 0.6 is 11.8 Å². The van der Waals surface area contributed by atoms with Crippen LogP contribution in [0.15, 0.2) is 11.5 Å². The van der Waals surface area contributed by atoms with Gasteiger partial charge in [-0.2, -0.15) is 0 Å². The van der Waals surface area contributed by atoms with Gasteiger partial charge in [0.2, 0.25) is 0 Å². The molecule has 16 heavy (non-hydrogen) atoms. The van der Waals surface area contributed by atoms with Gasteiger partial charge in [-0.05, 0) is 19.3 Å². The zero-order valence-corrected chi connectivity index (χ0v) is 10.3. The summed E-state index contributed by atoms with van der Waals surface area (Å²) in [6, 6.07) is 0. The fourth-order valence-electron chi connectivity index (χ4n) is 0.756. The van der Waals surface area contributed by atoms with E-state index in [4.69, 9.17) is 0 Å². The molecular formula is C10H17NO4S. The lowest BCUT2D eigenvalue weighted by Gasteiger charge is -2.02. The number of amides is 1. The van der Waals surface area contributed by atoms with E-state index in [-0.39, 0.29) is 5.97 Å². The number of rotatable bonds is 7. The Balaban J connectivity index is 3.39. The number of carbonyl (C=O) groups is 2. The van der Waals surface area contributed by atoms with Gasteiger partial charge in [0.1, 0.15) is 0 Å². The van der Waals surface area contributed by atoms with Crippen LogP contribution in [0.4, 0.5) is 4.79 Å². The highest BCUT2D eigenvalue weighted by molar-refractivity contribution is 8.02. The summed E-state index contributed by atoms with van der Waals surface area (Å²) in [5, 5.41) is 4.21. The lowest BCUT2D eigenvalue weighted by molar-refractivity contribution is -0.137. The Morgan fingerprint density at radius 1 is 1.25 bits per heavy atom. The maximum atomic E-state index is 10.9. The molecule has 0 unspecified atom stereocenters. The van der Waals surface area contributed by atoms with Gasteiger partial charge in [0.05, 0.1) is 13.2 Å². The average Bonchev–Trinajstić information content (AvgIpc) is 2.24. The third kappa shape index (κ3) is 9.39. The predicted octanol–water partition coefficient (Wildman–Crippen LogP) is 1.54. The van der Waals surface area contributed by atoms with Crippen LogP contribution in [0, 0.1) is 0 Å². The zero-order chi connectivity index (χ0) is 12.2. The minimum Gasteiger partial charge on any atom is -0.463 e. The first-order valence-electron chi connectivity index (χ1n) is 5.06. The van der Waals surface area contributed by atoms with Crippen molar-refractivity contribution in [2.45, 2.75) is 13.8 Å². The number of alkyl carbamates (subject to hydrolysis) is 1. The summed E-state index contributed by atoms with van der Waals surface area (Å²) in [5.74, 6) is 0.322. The van der Waals surface area contributed by atoms with Gasteiger partial charge in [0.25, 0.3) is 0 Å². The minimum atomic E-state index is -0.419. The third-order valence-corrected chi connectivity index (χ3v) is 2.12. The van der Waals surface area contributed by atoms with Crippen molar-refractivity contribution in [3.8, 4) is 0 Å². The van der Waals surface area contributed by atoms with E-state index in [9.17, 15) is 9.59 Å². The van der Waals surface area contributed by atoms with E-state index in [0.717, 1.165) is 0 Å². The van der Waals surface area contributed by atoms with E-state index in [1.807, 2.05) is 0 Å². The molecule has 0 spiro atoms. The SMILES string of the molecule is CCOC(=O)/C=C/SCCNC(=O)OCC. The van der Waals surface area contributed by atoms with Crippen LogP contribution in [-0.2, 0) is 14.3 Å². The van der Waals surface area contributed by atoms with Crippen molar-refractivity contribution in [1.82, 2.24) is 5.32 Å². The highest BCUT2D eigenvalue weighted by Gasteiger charge is 1.97. The highest BCUT2D eigenvalue weighted by Crippen LogP contribution is 2.00. The summed E-state index contributed by atoms with van der Waals surface area (Å²) in [6.45, 7) is 4.73. The summed E-state index contributed by atoms with van der Waals surface area (Å²) >= 11 is 1.42. The first-order valence-corrected chi connectivity index (χ1v) is 6.11. The number of hydrogen-bond donors (Lipinski definition) is 1. The van der Waals surface area contributed by atoms with Gasteiger partial charge in [-0.15, -0.1) is 11.8 Å². The molecule has 0 aromatic heterocycles. The molecule has 1 N–H and O–H groups in total. The van der Waals surface area contributed by atoms with Crippen LogP contribution in [0.2, 0.25) is 0 Å². The zero-order valence-electron chi connectivity index (χ0n) is 9.52. The van der Waals surface area contributed by atoms with Crippen LogP contribution < -0.4 is 5.32 Å². The average molecular weight is 247 g/mol. The summed E-state index contributed by atoms with van der Waals surface area (Å²) in [5.41, 5.74) is 0. The topological polar surface area (TPSA) is 64.6 Å². The minimum absolute atomic E-state index is 0.353. The molecule has 0 rings (SSSR count). The predicted molar refractivity (Wildman–Crippen MR) is 63.3 cm³/mol. The molecule has 0 aromatic rings. The molecule has 0 aliphatic rings. The maximum Gasteiger partial charge on any atom is 0.407 e. The Bertz CT molecular complexity index is 243. The van der Waals surface area contributed by atoms with Crippen LogP contribution in [0.3, 0.4) is 0 Å². The lowest BCUT2D eigenvalue weighted by atomic mass is 10.6. The monoisotopic (exact) mass is 247 g/mol. The lowest BCUT2D eigenvalue weighted by Crippen LogP contribution is -2.26. The molecule has 0 aliphatic carbocycles. The van der Waals surface area contributed by atoms with Gasteiger partial charge in [0.15, 0.2) is 0 Å². The van der Waals surface area contributed by atoms with Gasteiger partial charge in [-0.1, -0.05) is 0 Å². The summed E-state index contributed by atoms with van der Waals surface area (Å²) in [6.07, 6.45) is 0.941. The molecule has 0 saturated carbocycles. The normalized spacial score (nSPS) is 10.1. The molecule has 0 fully saturated rings. The van der Waals surface area contributed by atoms with Gasteiger partial charge in [0, 0.05) is 18.4 Å². The Morgan fingerprint density at radius 3 is 2.56 bits per heavy atom. The number of thioether (sulfide) groups is 1. The Labute approximate surface area is 99.6 Å².